The summed E-state index contributed by atoms with van der Waals surface area (Å²) >= 11 is 6.07. The molecule has 2 aliphatic rings. The molecule has 3 rings (SSSR count). The minimum Gasteiger partial charge on any atom is -0.352 e. The zero-order chi connectivity index (χ0) is 17.8. The molecular weight excluding hydrogens is 332 g/mol. The molecule has 1 aromatic rings. The SMILES string of the molecule is C[C@@H]1C[C@H](C)CN([C@@H](C(=O)NC2CCCCC2)c2ccc(Cl)cc2)C1. The quantitative estimate of drug-likeness (QED) is 0.833. The van der Waals surface area contributed by atoms with Gasteiger partial charge in [0, 0.05) is 24.2 Å². The molecule has 0 bridgehead atoms. The molecule has 25 heavy (non-hydrogen) atoms. The van der Waals surface area contributed by atoms with Crippen molar-refractivity contribution in [1.29, 1.82) is 0 Å². The van der Waals surface area contributed by atoms with Crippen molar-refractivity contribution in [1.82, 2.24) is 10.2 Å². The van der Waals surface area contributed by atoms with Crippen LogP contribution in [0.25, 0.3) is 0 Å². The van der Waals surface area contributed by atoms with E-state index >= 15 is 0 Å². The van der Waals surface area contributed by atoms with Crippen LogP contribution in [0.4, 0.5) is 0 Å². The number of hydrogen-bond acceptors (Lipinski definition) is 2. The van der Waals surface area contributed by atoms with Crippen LogP contribution < -0.4 is 5.32 Å². The topological polar surface area (TPSA) is 32.3 Å². The summed E-state index contributed by atoms with van der Waals surface area (Å²) in [6.07, 6.45) is 7.24. The smallest absolute Gasteiger partial charge is 0.242 e. The Labute approximate surface area is 157 Å². The molecule has 1 aliphatic carbocycles. The Balaban J connectivity index is 1.80. The summed E-state index contributed by atoms with van der Waals surface area (Å²) in [4.78, 5) is 15.6. The molecule has 3 atom stereocenters. The van der Waals surface area contributed by atoms with Crippen molar-refractivity contribution in [3.8, 4) is 0 Å². The zero-order valence-electron chi connectivity index (χ0n) is 15.5. The predicted molar refractivity (Wildman–Crippen MR) is 104 cm³/mol. The number of hydrogen-bond donors (Lipinski definition) is 1. The number of benzene rings is 1. The second-order valence-corrected chi connectivity index (χ2v) is 8.63. The number of nitrogens with zero attached hydrogens (tertiary/aromatic N) is 1. The maximum Gasteiger partial charge on any atom is 0.242 e. The van der Waals surface area contributed by atoms with Crippen LogP contribution in [0.3, 0.4) is 0 Å². The van der Waals surface area contributed by atoms with Gasteiger partial charge in [0.15, 0.2) is 0 Å². The van der Waals surface area contributed by atoms with Crippen molar-refractivity contribution in [3.63, 3.8) is 0 Å². The molecule has 1 aromatic carbocycles. The van der Waals surface area contributed by atoms with Crippen LogP contribution in [-0.2, 0) is 4.79 Å². The summed E-state index contributed by atoms with van der Waals surface area (Å²) in [5, 5.41) is 4.06. The van der Waals surface area contributed by atoms with E-state index in [2.05, 4.69) is 24.1 Å². The number of halogens is 1. The van der Waals surface area contributed by atoms with E-state index in [-0.39, 0.29) is 11.9 Å². The number of amides is 1. The number of piperidine rings is 1. The first-order valence-corrected chi connectivity index (χ1v) is 10.2. The Kier molecular flexibility index (Phi) is 6.40. The summed E-state index contributed by atoms with van der Waals surface area (Å²) in [6, 6.07) is 7.96. The van der Waals surface area contributed by atoms with Gasteiger partial charge < -0.3 is 5.32 Å². The van der Waals surface area contributed by atoms with Gasteiger partial charge in [-0.3, -0.25) is 9.69 Å². The molecule has 1 saturated heterocycles. The monoisotopic (exact) mass is 362 g/mol. The van der Waals surface area contributed by atoms with Crippen molar-refractivity contribution in [2.45, 2.75) is 64.5 Å². The van der Waals surface area contributed by atoms with Crippen LogP contribution in [0.5, 0.6) is 0 Å². The lowest BCUT2D eigenvalue weighted by Crippen LogP contribution is -2.49. The van der Waals surface area contributed by atoms with Gasteiger partial charge in [-0.15, -0.1) is 0 Å². The molecule has 1 heterocycles. The molecule has 1 aliphatic heterocycles. The van der Waals surface area contributed by atoms with E-state index in [1.54, 1.807) is 0 Å². The van der Waals surface area contributed by atoms with Crippen LogP contribution in [0, 0.1) is 11.8 Å². The lowest BCUT2D eigenvalue weighted by Gasteiger charge is -2.40. The van der Waals surface area contributed by atoms with E-state index in [0.717, 1.165) is 36.5 Å². The molecule has 2 fully saturated rings. The summed E-state index contributed by atoms with van der Waals surface area (Å²) in [7, 11) is 0. The minimum atomic E-state index is -0.204. The highest BCUT2D eigenvalue weighted by Crippen LogP contribution is 2.31. The third-order valence-electron chi connectivity index (χ3n) is 5.65. The first-order valence-electron chi connectivity index (χ1n) is 9.83. The highest BCUT2D eigenvalue weighted by Gasteiger charge is 2.33. The molecule has 0 aromatic heterocycles. The highest BCUT2D eigenvalue weighted by molar-refractivity contribution is 6.30. The van der Waals surface area contributed by atoms with E-state index in [1.807, 2.05) is 24.3 Å². The number of carbonyl (C=O) groups excluding carboxylic acids is 1. The standard InChI is InChI=1S/C21H31ClN2O/c1-15-12-16(2)14-24(13-15)20(17-8-10-18(22)11-9-17)21(25)23-19-6-4-3-5-7-19/h8-11,15-16,19-20H,3-7,12-14H2,1-2H3,(H,23,25)/t15-,16+,20-/m1/s1. The Morgan fingerprint density at radius 2 is 1.68 bits per heavy atom. The maximum absolute atomic E-state index is 13.2. The normalized spacial score (nSPS) is 27.0. The van der Waals surface area contributed by atoms with Crippen molar-refractivity contribution in [2.75, 3.05) is 13.1 Å². The number of rotatable bonds is 4. The van der Waals surface area contributed by atoms with Crippen LogP contribution in [0.1, 0.15) is 64.0 Å². The number of nitrogens with one attached hydrogen (secondary N) is 1. The lowest BCUT2D eigenvalue weighted by molar-refractivity contribution is -0.128. The lowest BCUT2D eigenvalue weighted by atomic mass is 9.89. The molecule has 1 saturated carbocycles. The Morgan fingerprint density at radius 3 is 2.28 bits per heavy atom. The van der Waals surface area contributed by atoms with Gasteiger partial charge in [-0.1, -0.05) is 56.8 Å². The van der Waals surface area contributed by atoms with Crippen LogP contribution in [0.15, 0.2) is 24.3 Å². The van der Waals surface area contributed by atoms with E-state index in [1.165, 1.54) is 25.7 Å². The first kappa shape index (κ1) is 18.7. The summed E-state index contributed by atoms with van der Waals surface area (Å²) in [5.74, 6) is 1.41. The summed E-state index contributed by atoms with van der Waals surface area (Å²) < 4.78 is 0. The third kappa shape index (κ3) is 4.98. The minimum absolute atomic E-state index is 0.163. The Bertz CT molecular complexity index is 558. The molecule has 4 heteroatoms. The number of carbonyl (C=O) groups is 1. The molecule has 0 radical (unpaired) electrons. The van der Waals surface area contributed by atoms with Crippen LogP contribution in [0.2, 0.25) is 5.02 Å². The molecular formula is C21H31ClN2O. The third-order valence-corrected chi connectivity index (χ3v) is 5.90. The molecule has 138 valence electrons. The van der Waals surface area contributed by atoms with Crippen molar-refractivity contribution < 1.29 is 4.79 Å². The maximum atomic E-state index is 13.2. The molecule has 1 amide bonds. The van der Waals surface area contributed by atoms with Gasteiger partial charge in [-0.25, -0.2) is 0 Å². The first-order chi connectivity index (χ1) is 12.0. The Morgan fingerprint density at radius 1 is 1.08 bits per heavy atom. The van der Waals surface area contributed by atoms with Crippen LogP contribution >= 0.6 is 11.6 Å². The second kappa shape index (κ2) is 8.55. The average Bonchev–Trinajstić information content (AvgIpc) is 2.57. The van der Waals surface area contributed by atoms with E-state index in [9.17, 15) is 4.79 Å². The van der Waals surface area contributed by atoms with Crippen LogP contribution in [-0.4, -0.2) is 29.9 Å². The molecule has 0 unspecified atom stereocenters. The number of likely N-dealkylation sites (tertiary alicyclic amines) is 1. The van der Waals surface area contributed by atoms with Gasteiger partial charge in [0.25, 0.3) is 0 Å². The van der Waals surface area contributed by atoms with E-state index in [4.69, 9.17) is 11.6 Å². The van der Waals surface area contributed by atoms with Gasteiger partial charge >= 0.3 is 0 Å². The largest absolute Gasteiger partial charge is 0.352 e. The Hall–Kier alpha value is -1.06. The van der Waals surface area contributed by atoms with Crippen molar-refractivity contribution >= 4 is 17.5 Å². The zero-order valence-corrected chi connectivity index (χ0v) is 16.3. The fourth-order valence-electron chi connectivity index (χ4n) is 4.62. The highest BCUT2D eigenvalue weighted by atomic mass is 35.5. The van der Waals surface area contributed by atoms with E-state index < -0.39 is 0 Å². The van der Waals surface area contributed by atoms with Crippen molar-refractivity contribution in [3.05, 3.63) is 34.9 Å². The van der Waals surface area contributed by atoms with Gasteiger partial charge in [0.05, 0.1) is 0 Å². The average molecular weight is 363 g/mol. The molecule has 0 spiro atoms. The van der Waals surface area contributed by atoms with Gasteiger partial charge in [0.2, 0.25) is 5.91 Å². The fraction of sp³-hybridized carbons (Fsp3) is 0.667. The van der Waals surface area contributed by atoms with E-state index in [0.29, 0.717) is 17.9 Å². The van der Waals surface area contributed by atoms with Crippen molar-refractivity contribution in [2.24, 2.45) is 11.8 Å². The van der Waals surface area contributed by atoms with Gasteiger partial charge in [-0.05, 0) is 48.8 Å². The summed E-state index contributed by atoms with van der Waals surface area (Å²) in [6.45, 7) is 6.55. The summed E-state index contributed by atoms with van der Waals surface area (Å²) in [5.41, 5.74) is 1.05. The van der Waals surface area contributed by atoms with Gasteiger partial charge in [0.1, 0.15) is 6.04 Å². The second-order valence-electron chi connectivity index (χ2n) is 8.20. The fourth-order valence-corrected chi connectivity index (χ4v) is 4.75. The molecule has 3 nitrogen and oxygen atoms in total. The van der Waals surface area contributed by atoms with Gasteiger partial charge in [-0.2, -0.15) is 0 Å². The molecule has 1 N–H and O–H groups in total. The predicted octanol–water partition coefficient (Wildman–Crippen LogP) is 4.81.